The molecule has 1 aromatic heterocycles. The predicted octanol–water partition coefficient (Wildman–Crippen LogP) is 4.12. The summed E-state index contributed by atoms with van der Waals surface area (Å²) in [7, 11) is 1.30. The number of nitrogens with zero attached hydrogens (tertiary/aromatic N) is 3. The molecule has 0 aliphatic rings. The van der Waals surface area contributed by atoms with Crippen LogP contribution in [0.25, 0.3) is 0 Å². The fraction of sp³-hybridized carbons (Fsp3) is 0.250. The summed E-state index contributed by atoms with van der Waals surface area (Å²) in [4.78, 5) is 24.4. The van der Waals surface area contributed by atoms with Gasteiger partial charge in [0, 0.05) is 6.54 Å². The number of anilines is 1. The molecule has 0 fully saturated rings. The van der Waals surface area contributed by atoms with E-state index in [4.69, 9.17) is 9.47 Å². The van der Waals surface area contributed by atoms with Gasteiger partial charge < -0.3 is 14.8 Å². The van der Waals surface area contributed by atoms with Crippen molar-refractivity contribution in [1.82, 2.24) is 14.8 Å². The highest BCUT2D eigenvalue weighted by Crippen LogP contribution is 2.21. The first-order chi connectivity index (χ1) is 16.0. The molecule has 0 unspecified atom stereocenters. The molecule has 0 spiro atoms. The quantitative estimate of drug-likeness (QED) is 0.258. The van der Waals surface area contributed by atoms with Crippen LogP contribution in [0.3, 0.4) is 0 Å². The summed E-state index contributed by atoms with van der Waals surface area (Å²) in [5.74, 6) is 0.674. The summed E-state index contributed by atoms with van der Waals surface area (Å²) in [6.07, 6.45) is 2.70. The van der Waals surface area contributed by atoms with Gasteiger partial charge in [-0.1, -0.05) is 49.0 Å². The van der Waals surface area contributed by atoms with Gasteiger partial charge in [0.25, 0.3) is 0 Å². The van der Waals surface area contributed by atoms with E-state index in [9.17, 15) is 9.59 Å². The Labute approximate surface area is 197 Å². The molecule has 0 saturated carbocycles. The van der Waals surface area contributed by atoms with Crippen LogP contribution in [0.1, 0.15) is 28.7 Å². The van der Waals surface area contributed by atoms with Crippen LogP contribution >= 0.6 is 11.8 Å². The van der Waals surface area contributed by atoms with Crippen molar-refractivity contribution in [3.63, 3.8) is 0 Å². The van der Waals surface area contributed by atoms with Crippen LogP contribution < -0.4 is 10.1 Å². The van der Waals surface area contributed by atoms with Gasteiger partial charge >= 0.3 is 5.97 Å². The van der Waals surface area contributed by atoms with Crippen molar-refractivity contribution in [2.24, 2.45) is 0 Å². The number of thioether (sulfide) groups is 1. The van der Waals surface area contributed by atoms with Crippen molar-refractivity contribution in [2.75, 3.05) is 18.2 Å². The summed E-state index contributed by atoms with van der Waals surface area (Å²) in [5.41, 5.74) is 1.92. The molecule has 0 saturated heterocycles. The van der Waals surface area contributed by atoms with E-state index >= 15 is 0 Å². The van der Waals surface area contributed by atoms with Crippen molar-refractivity contribution in [2.45, 2.75) is 31.7 Å². The number of hydrogen-bond donors (Lipinski definition) is 1. The van der Waals surface area contributed by atoms with Crippen LogP contribution in [0.5, 0.6) is 5.75 Å². The Bertz CT molecular complexity index is 1110. The van der Waals surface area contributed by atoms with E-state index in [1.54, 1.807) is 30.3 Å². The van der Waals surface area contributed by atoms with Gasteiger partial charge in [0.05, 0.1) is 24.1 Å². The Morgan fingerprint density at radius 3 is 2.61 bits per heavy atom. The van der Waals surface area contributed by atoms with Crippen LogP contribution in [0.15, 0.2) is 66.3 Å². The van der Waals surface area contributed by atoms with E-state index < -0.39 is 5.97 Å². The van der Waals surface area contributed by atoms with E-state index in [2.05, 4.69) is 29.0 Å². The fourth-order valence-corrected chi connectivity index (χ4v) is 3.78. The van der Waals surface area contributed by atoms with Crippen molar-refractivity contribution in [3.05, 3.63) is 78.1 Å². The van der Waals surface area contributed by atoms with Gasteiger partial charge in [0.1, 0.15) is 12.4 Å². The monoisotopic (exact) mass is 466 g/mol. The predicted molar refractivity (Wildman–Crippen MR) is 128 cm³/mol. The Kier molecular flexibility index (Phi) is 8.65. The fourth-order valence-electron chi connectivity index (χ4n) is 3.01. The molecule has 0 bridgehead atoms. The zero-order chi connectivity index (χ0) is 23.6. The lowest BCUT2D eigenvalue weighted by atomic mass is 10.2. The third kappa shape index (κ3) is 6.45. The Balaban J connectivity index is 1.62. The SMILES string of the molecule is C=CCn1c(COc2ccc(CC)cc2)nnc1SCC(=O)Nc1ccccc1C(=O)OC. The minimum Gasteiger partial charge on any atom is -0.486 e. The normalized spacial score (nSPS) is 10.5. The van der Waals surface area contributed by atoms with Crippen LogP contribution in [0.2, 0.25) is 0 Å². The summed E-state index contributed by atoms with van der Waals surface area (Å²) >= 11 is 1.24. The van der Waals surface area contributed by atoms with Crippen molar-refractivity contribution >= 4 is 29.3 Å². The lowest BCUT2D eigenvalue weighted by Gasteiger charge is -2.11. The van der Waals surface area contributed by atoms with Crippen LogP contribution in [-0.4, -0.2) is 39.5 Å². The maximum atomic E-state index is 12.5. The first-order valence-electron chi connectivity index (χ1n) is 10.4. The number of aryl methyl sites for hydroxylation is 1. The zero-order valence-electron chi connectivity index (χ0n) is 18.6. The van der Waals surface area contributed by atoms with Gasteiger partial charge in [-0.3, -0.25) is 9.36 Å². The Morgan fingerprint density at radius 1 is 1.15 bits per heavy atom. The third-order valence-corrected chi connectivity index (χ3v) is 5.71. The number of para-hydroxylation sites is 1. The van der Waals surface area contributed by atoms with Crippen molar-refractivity contribution in [1.29, 1.82) is 0 Å². The van der Waals surface area contributed by atoms with Gasteiger partial charge in [0.2, 0.25) is 5.91 Å². The second-order valence-electron chi connectivity index (χ2n) is 6.96. The van der Waals surface area contributed by atoms with E-state index in [1.165, 1.54) is 24.4 Å². The van der Waals surface area contributed by atoms with E-state index in [0.29, 0.717) is 28.8 Å². The molecule has 1 amide bonds. The van der Waals surface area contributed by atoms with Crippen LogP contribution in [0, 0.1) is 0 Å². The maximum Gasteiger partial charge on any atom is 0.339 e. The van der Waals surface area contributed by atoms with Crippen LogP contribution in [-0.2, 0) is 29.1 Å². The molecule has 2 aromatic carbocycles. The molecule has 8 nitrogen and oxygen atoms in total. The average Bonchev–Trinajstić information content (AvgIpc) is 3.23. The molecule has 172 valence electrons. The number of benzene rings is 2. The first-order valence-corrected chi connectivity index (χ1v) is 11.4. The zero-order valence-corrected chi connectivity index (χ0v) is 19.4. The molecular weight excluding hydrogens is 440 g/mol. The van der Waals surface area contributed by atoms with Gasteiger partial charge in [0.15, 0.2) is 11.0 Å². The number of amides is 1. The first kappa shape index (κ1) is 24.1. The van der Waals surface area contributed by atoms with Gasteiger partial charge in [-0.2, -0.15) is 0 Å². The molecule has 0 atom stereocenters. The molecule has 9 heteroatoms. The number of allylic oxidation sites excluding steroid dienone is 1. The number of ether oxygens (including phenoxy) is 2. The summed E-state index contributed by atoms with van der Waals surface area (Å²) in [6.45, 7) is 6.62. The lowest BCUT2D eigenvalue weighted by molar-refractivity contribution is -0.113. The molecule has 33 heavy (non-hydrogen) atoms. The Hall–Kier alpha value is -3.59. The average molecular weight is 467 g/mol. The van der Waals surface area contributed by atoms with Crippen molar-refractivity contribution in [3.8, 4) is 5.75 Å². The topological polar surface area (TPSA) is 95.3 Å². The number of esters is 1. The number of carbonyl (C=O) groups is 2. The van der Waals surface area contributed by atoms with E-state index in [0.717, 1.165) is 12.2 Å². The van der Waals surface area contributed by atoms with Gasteiger partial charge in [-0.15, -0.1) is 16.8 Å². The van der Waals surface area contributed by atoms with Gasteiger partial charge in [-0.05, 0) is 36.2 Å². The van der Waals surface area contributed by atoms with E-state index in [-0.39, 0.29) is 18.3 Å². The molecular formula is C24H26N4O4S. The molecule has 1 N–H and O–H groups in total. The molecule has 3 aromatic rings. The van der Waals surface area contributed by atoms with Crippen molar-refractivity contribution < 1.29 is 19.1 Å². The number of hydrogen-bond acceptors (Lipinski definition) is 7. The number of carbonyl (C=O) groups excluding carboxylic acids is 2. The third-order valence-electron chi connectivity index (χ3n) is 4.74. The number of rotatable bonds is 11. The standard InChI is InChI=1S/C24H26N4O4S/c1-4-14-28-21(15-32-18-12-10-17(5-2)11-13-18)26-27-24(28)33-16-22(29)25-20-9-7-6-8-19(20)23(30)31-3/h4,6-13H,1,5,14-16H2,2-3H3,(H,25,29). The van der Waals surface area contributed by atoms with Crippen LogP contribution in [0.4, 0.5) is 5.69 Å². The summed E-state index contributed by atoms with van der Waals surface area (Å²) in [5, 5.41) is 11.7. The largest absolute Gasteiger partial charge is 0.486 e. The van der Waals surface area contributed by atoms with Gasteiger partial charge in [-0.25, -0.2) is 4.79 Å². The lowest BCUT2D eigenvalue weighted by Crippen LogP contribution is -2.17. The molecule has 0 aliphatic carbocycles. The number of aromatic nitrogens is 3. The summed E-state index contributed by atoms with van der Waals surface area (Å²) < 4.78 is 12.5. The highest BCUT2D eigenvalue weighted by molar-refractivity contribution is 7.99. The minimum atomic E-state index is -0.516. The molecule has 1 heterocycles. The molecule has 3 rings (SSSR count). The highest BCUT2D eigenvalue weighted by Gasteiger charge is 2.16. The number of methoxy groups -OCH3 is 1. The molecule has 0 radical (unpaired) electrons. The maximum absolute atomic E-state index is 12.5. The summed E-state index contributed by atoms with van der Waals surface area (Å²) in [6, 6.07) is 14.6. The molecule has 0 aliphatic heterocycles. The Morgan fingerprint density at radius 2 is 1.91 bits per heavy atom. The second-order valence-corrected chi connectivity index (χ2v) is 7.90. The highest BCUT2D eigenvalue weighted by atomic mass is 32.2. The minimum absolute atomic E-state index is 0.0874. The smallest absolute Gasteiger partial charge is 0.339 e. The number of nitrogens with one attached hydrogen (secondary N) is 1. The van der Waals surface area contributed by atoms with E-state index in [1.807, 2.05) is 28.8 Å². The second kappa shape index (κ2) is 11.9.